The van der Waals surface area contributed by atoms with Gasteiger partial charge in [-0.2, -0.15) is 0 Å². The van der Waals surface area contributed by atoms with Gasteiger partial charge in [-0.05, 0) is 19.8 Å². The first-order valence-corrected chi connectivity index (χ1v) is 9.65. The van der Waals surface area contributed by atoms with Crippen LogP contribution in [0.25, 0.3) is 0 Å². The van der Waals surface area contributed by atoms with Crippen LogP contribution in [0, 0.1) is 0 Å². The van der Waals surface area contributed by atoms with Gasteiger partial charge in [-0.1, -0.05) is 13.8 Å². The largest absolute Gasteiger partial charge is 0.329 e. The number of nitrogens with two attached hydrogens (primary N) is 1. The molecule has 7 nitrogen and oxygen atoms in total. The predicted octanol–water partition coefficient (Wildman–Crippen LogP) is -0.216. The first-order chi connectivity index (χ1) is 8.66. The van der Waals surface area contributed by atoms with Gasteiger partial charge in [-0.25, -0.2) is 26.3 Å². The highest BCUT2D eigenvalue weighted by atomic mass is 35.5. The van der Waals surface area contributed by atoms with E-state index in [-0.39, 0.29) is 37.0 Å². The van der Waals surface area contributed by atoms with Gasteiger partial charge < -0.3 is 5.73 Å². The normalized spacial score (nSPS) is 13.0. The Hall–Kier alpha value is 0.0700. The minimum absolute atomic E-state index is 0. The van der Waals surface area contributed by atoms with Gasteiger partial charge in [0.05, 0.1) is 11.5 Å². The highest BCUT2D eigenvalue weighted by Gasteiger charge is 2.29. The highest BCUT2D eigenvalue weighted by Crippen LogP contribution is 2.14. The monoisotopic (exact) mass is 351 g/mol. The summed E-state index contributed by atoms with van der Waals surface area (Å²) in [5.74, 6) is -0.370. The third-order valence-corrected chi connectivity index (χ3v) is 6.08. The first kappa shape index (κ1) is 22.4. The molecule has 0 aliphatic rings. The molecule has 20 heavy (non-hydrogen) atoms. The Kier molecular flexibility index (Phi) is 10.2. The number of hydrogen-bond donors (Lipinski definition) is 3. The second-order valence-electron chi connectivity index (χ2n) is 4.41. The van der Waals surface area contributed by atoms with Crippen molar-refractivity contribution >= 4 is 32.5 Å². The molecule has 0 amide bonds. The van der Waals surface area contributed by atoms with E-state index in [4.69, 9.17) is 5.73 Å². The van der Waals surface area contributed by atoms with Crippen LogP contribution in [0.2, 0.25) is 0 Å². The third-order valence-electron chi connectivity index (χ3n) is 3.19. The zero-order valence-corrected chi connectivity index (χ0v) is 14.6. The Morgan fingerprint density at radius 1 is 1.00 bits per heavy atom. The first-order valence-electron chi connectivity index (χ1n) is 6.35. The molecule has 0 saturated carbocycles. The van der Waals surface area contributed by atoms with E-state index >= 15 is 0 Å². The van der Waals surface area contributed by atoms with Crippen molar-refractivity contribution in [2.24, 2.45) is 5.73 Å². The molecule has 0 saturated heterocycles. The van der Waals surface area contributed by atoms with Crippen LogP contribution in [0.1, 0.15) is 33.6 Å². The molecule has 0 unspecified atom stereocenters. The van der Waals surface area contributed by atoms with Crippen molar-refractivity contribution in [3.63, 3.8) is 0 Å². The number of rotatable bonds is 10. The Morgan fingerprint density at radius 3 is 1.85 bits per heavy atom. The van der Waals surface area contributed by atoms with Crippen LogP contribution in [0.4, 0.5) is 0 Å². The fourth-order valence-corrected chi connectivity index (χ4v) is 3.79. The second kappa shape index (κ2) is 9.16. The molecule has 0 aromatic carbocycles. The van der Waals surface area contributed by atoms with Crippen LogP contribution in [0.15, 0.2) is 0 Å². The van der Waals surface area contributed by atoms with Crippen LogP contribution >= 0.6 is 12.4 Å². The lowest BCUT2D eigenvalue weighted by Gasteiger charge is -2.30. The number of nitrogens with one attached hydrogen (secondary N) is 2. The maximum absolute atomic E-state index is 11.9. The molecule has 124 valence electrons. The van der Waals surface area contributed by atoms with Gasteiger partial charge in [-0.3, -0.25) is 0 Å². The maximum atomic E-state index is 11.9. The average Bonchev–Trinajstić information content (AvgIpc) is 2.35. The molecule has 0 radical (unpaired) electrons. The van der Waals surface area contributed by atoms with E-state index in [1.165, 1.54) is 6.92 Å². The maximum Gasteiger partial charge on any atom is 0.213 e. The van der Waals surface area contributed by atoms with Crippen LogP contribution in [-0.2, 0) is 20.0 Å². The van der Waals surface area contributed by atoms with Gasteiger partial charge in [0.2, 0.25) is 20.0 Å². The summed E-state index contributed by atoms with van der Waals surface area (Å²) in [6, 6.07) is 0. The molecule has 0 fully saturated rings. The molecule has 0 bridgehead atoms. The zero-order valence-electron chi connectivity index (χ0n) is 12.2. The summed E-state index contributed by atoms with van der Waals surface area (Å²) in [5.41, 5.74) is 4.97. The zero-order chi connectivity index (χ0) is 15.2. The summed E-state index contributed by atoms with van der Waals surface area (Å²) in [7, 11) is -6.93. The van der Waals surface area contributed by atoms with E-state index in [0.717, 1.165) is 0 Å². The molecule has 10 heteroatoms. The fourth-order valence-electron chi connectivity index (χ4n) is 1.54. The number of halogens is 1. The van der Waals surface area contributed by atoms with Gasteiger partial charge in [0.1, 0.15) is 0 Å². The van der Waals surface area contributed by atoms with E-state index in [0.29, 0.717) is 12.8 Å². The summed E-state index contributed by atoms with van der Waals surface area (Å²) < 4.78 is 51.0. The lowest BCUT2D eigenvalue weighted by Crippen LogP contribution is -2.54. The summed E-state index contributed by atoms with van der Waals surface area (Å²) in [6.45, 7) is 5.28. The molecule has 0 atom stereocenters. The van der Waals surface area contributed by atoms with Crippen molar-refractivity contribution in [3.05, 3.63) is 0 Å². The number of sulfonamides is 2. The van der Waals surface area contributed by atoms with Gasteiger partial charge >= 0.3 is 0 Å². The van der Waals surface area contributed by atoms with Gasteiger partial charge in [0.25, 0.3) is 0 Å². The molecule has 4 N–H and O–H groups in total. The SMILES string of the molecule is CCC(CC)(CN)NS(=O)(=O)CCNS(=O)(=O)CC.Cl. The van der Waals surface area contributed by atoms with Crippen molar-refractivity contribution in [2.75, 3.05) is 24.6 Å². The topological polar surface area (TPSA) is 118 Å². The average molecular weight is 352 g/mol. The molecule has 0 aromatic heterocycles. The predicted molar refractivity (Wildman–Crippen MR) is 84.0 cm³/mol. The van der Waals surface area contributed by atoms with Crippen LogP contribution < -0.4 is 15.2 Å². The van der Waals surface area contributed by atoms with Gasteiger partial charge in [-0.15, -0.1) is 12.4 Å². The Morgan fingerprint density at radius 2 is 1.50 bits per heavy atom. The molecule has 0 aliphatic heterocycles. The van der Waals surface area contributed by atoms with Crippen molar-refractivity contribution in [2.45, 2.75) is 39.2 Å². The third kappa shape index (κ3) is 7.75. The van der Waals surface area contributed by atoms with E-state index < -0.39 is 25.6 Å². The lowest BCUT2D eigenvalue weighted by molar-refractivity contribution is 0.363. The van der Waals surface area contributed by atoms with E-state index in [1.54, 1.807) is 0 Å². The van der Waals surface area contributed by atoms with Gasteiger partial charge in [0.15, 0.2) is 0 Å². The quantitative estimate of drug-likeness (QED) is 0.503. The van der Waals surface area contributed by atoms with Crippen molar-refractivity contribution in [1.29, 1.82) is 0 Å². The summed E-state index contributed by atoms with van der Waals surface area (Å²) in [6.07, 6.45) is 1.17. The Bertz CT molecular complexity index is 453. The highest BCUT2D eigenvalue weighted by molar-refractivity contribution is 7.90. The van der Waals surface area contributed by atoms with Crippen LogP contribution in [0.5, 0.6) is 0 Å². The minimum atomic E-state index is -3.56. The summed E-state index contributed by atoms with van der Waals surface area (Å²) in [5, 5.41) is 0. The Balaban J connectivity index is 0. The molecule has 0 heterocycles. The van der Waals surface area contributed by atoms with Gasteiger partial charge in [0, 0.05) is 18.6 Å². The molecular weight excluding hydrogens is 326 g/mol. The van der Waals surface area contributed by atoms with E-state index in [9.17, 15) is 16.8 Å². The lowest BCUT2D eigenvalue weighted by atomic mass is 9.95. The molecule has 0 aromatic rings. The van der Waals surface area contributed by atoms with Crippen molar-refractivity contribution in [1.82, 2.24) is 9.44 Å². The van der Waals surface area contributed by atoms with Crippen molar-refractivity contribution < 1.29 is 16.8 Å². The second-order valence-corrected chi connectivity index (χ2v) is 8.35. The number of hydrogen-bond acceptors (Lipinski definition) is 5. The van der Waals surface area contributed by atoms with Crippen molar-refractivity contribution in [3.8, 4) is 0 Å². The van der Waals surface area contributed by atoms with E-state index in [2.05, 4.69) is 9.44 Å². The van der Waals surface area contributed by atoms with E-state index in [1.807, 2.05) is 13.8 Å². The molecule has 0 aliphatic carbocycles. The summed E-state index contributed by atoms with van der Waals surface area (Å²) >= 11 is 0. The minimum Gasteiger partial charge on any atom is -0.329 e. The summed E-state index contributed by atoms with van der Waals surface area (Å²) in [4.78, 5) is 0. The molecule has 0 spiro atoms. The standard InChI is InChI=1S/C10H25N3O4S2.ClH/c1-4-10(5-2,9-11)13-19(16,17)8-7-12-18(14,15)6-3;/h12-13H,4-9,11H2,1-3H3;1H. The van der Waals surface area contributed by atoms with Crippen LogP contribution in [0.3, 0.4) is 0 Å². The molecular formula is C10H26ClN3O4S2. The Labute approximate surface area is 128 Å². The fraction of sp³-hybridized carbons (Fsp3) is 1.00. The van der Waals surface area contributed by atoms with Crippen LogP contribution in [-0.4, -0.2) is 47.0 Å². The smallest absolute Gasteiger partial charge is 0.213 e. The molecule has 0 rings (SSSR count).